The summed E-state index contributed by atoms with van der Waals surface area (Å²) in [7, 11) is 1.66. The Bertz CT molecular complexity index is 498. The summed E-state index contributed by atoms with van der Waals surface area (Å²) in [6, 6.07) is 5.92. The van der Waals surface area contributed by atoms with Gasteiger partial charge in [-0.3, -0.25) is 0 Å². The molecule has 0 unspecified atom stereocenters. The van der Waals surface area contributed by atoms with Crippen molar-refractivity contribution < 1.29 is 4.74 Å². The van der Waals surface area contributed by atoms with Crippen LogP contribution >= 0.6 is 27.3 Å². The Balaban J connectivity index is 2.26. The van der Waals surface area contributed by atoms with Gasteiger partial charge in [-0.25, -0.2) is 4.98 Å². The minimum Gasteiger partial charge on any atom is -0.497 e. The first-order chi connectivity index (χ1) is 7.69. The van der Waals surface area contributed by atoms with E-state index in [4.69, 9.17) is 10.5 Å². The molecule has 1 aromatic carbocycles. The third-order valence-corrected chi connectivity index (χ3v) is 3.79. The SMILES string of the molecule is COc1ccc(Br)c(Cc2cnc(N)s2)c1. The van der Waals surface area contributed by atoms with E-state index in [1.54, 1.807) is 7.11 Å². The zero-order valence-corrected chi connectivity index (χ0v) is 11.1. The van der Waals surface area contributed by atoms with Crippen molar-refractivity contribution in [3.8, 4) is 5.75 Å². The molecule has 2 rings (SSSR count). The van der Waals surface area contributed by atoms with E-state index in [2.05, 4.69) is 20.9 Å². The molecule has 3 nitrogen and oxygen atoms in total. The van der Waals surface area contributed by atoms with Crippen LogP contribution in [0.4, 0.5) is 5.13 Å². The fourth-order valence-corrected chi connectivity index (χ4v) is 2.50. The van der Waals surface area contributed by atoms with Gasteiger partial charge in [0.2, 0.25) is 0 Å². The number of nitrogens with two attached hydrogens (primary N) is 1. The summed E-state index contributed by atoms with van der Waals surface area (Å²) in [4.78, 5) is 5.18. The molecule has 0 fully saturated rings. The van der Waals surface area contributed by atoms with E-state index in [1.807, 2.05) is 24.4 Å². The molecular formula is C11H11BrN2OS. The molecular weight excluding hydrogens is 288 g/mol. The summed E-state index contributed by atoms with van der Waals surface area (Å²) >= 11 is 5.03. The lowest BCUT2D eigenvalue weighted by Gasteiger charge is -2.05. The van der Waals surface area contributed by atoms with E-state index < -0.39 is 0 Å². The zero-order valence-electron chi connectivity index (χ0n) is 8.74. The van der Waals surface area contributed by atoms with Gasteiger partial charge >= 0.3 is 0 Å². The fourth-order valence-electron chi connectivity index (χ4n) is 1.41. The highest BCUT2D eigenvalue weighted by Crippen LogP contribution is 2.27. The topological polar surface area (TPSA) is 48.1 Å². The van der Waals surface area contributed by atoms with Crippen molar-refractivity contribution in [1.29, 1.82) is 0 Å². The number of halogens is 1. The highest BCUT2D eigenvalue weighted by molar-refractivity contribution is 9.10. The quantitative estimate of drug-likeness (QED) is 0.947. The predicted octanol–water partition coefficient (Wildman–Crippen LogP) is 3.09. The minimum atomic E-state index is 0.606. The highest BCUT2D eigenvalue weighted by atomic mass is 79.9. The molecule has 0 aliphatic carbocycles. The maximum absolute atomic E-state index is 5.60. The summed E-state index contributed by atoms with van der Waals surface area (Å²) in [5, 5.41) is 0.606. The molecule has 0 saturated carbocycles. The van der Waals surface area contributed by atoms with Gasteiger partial charge in [-0.05, 0) is 23.8 Å². The van der Waals surface area contributed by atoms with Gasteiger partial charge in [0.25, 0.3) is 0 Å². The normalized spacial score (nSPS) is 10.4. The number of hydrogen-bond acceptors (Lipinski definition) is 4. The monoisotopic (exact) mass is 298 g/mol. The summed E-state index contributed by atoms with van der Waals surface area (Å²) in [6.07, 6.45) is 2.62. The first-order valence-corrected chi connectivity index (χ1v) is 6.32. The van der Waals surface area contributed by atoms with Crippen LogP contribution < -0.4 is 10.5 Å². The van der Waals surface area contributed by atoms with Gasteiger partial charge in [-0.1, -0.05) is 15.9 Å². The number of thiazole rings is 1. The molecule has 0 aliphatic rings. The van der Waals surface area contributed by atoms with Crippen molar-refractivity contribution in [2.75, 3.05) is 12.8 Å². The van der Waals surface area contributed by atoms with Gasteiger partial charge in [0.05, 0.1) is 7.11 Å². The number of ether oxygens (including phenoxy) is 1. The molecule has 0 spiro atoms. The first kappa shape index (κ1) is 11.4. The Hall–Kier alpha value is -1.07. The van der Waals surface area contributed by atoms with E-state index in [-0.39, 0.29) is 0 Å². The van der Waals surface area contributed by atoms with E-state index in [1.165, 1.54) is 16.9 Å². The molecule has 16 heavy (non-hydrogen) atoms. The molecule has 0 aliphatic heterocycles. The lowest BCUT2D eigenvalue weighted by molar-refractivity contribution is 0.414. The van der Waals surface area contributed by atoms with Crippen molar-refractivity contribution in [2.24, 2.45) is 0 Å². The molecule has 2 aromatic rings. The molecule has 84 valence electrons. The second-order valence-electron chi connectivity index (χ2n) is 3.30. The van der Waals surface area contributed by atoms with Crippen LogP contribution in [-0.4, -0.2) is 12.1 Å². The van der Waals surface area contributed by atoms with Crippen molar-refractivity contribution in [3.05, 3.63) is 39.3 Å². The Labute approximate surface area is 106 Å². The molecule has 0 radical (unpaired) electrons. The molecule has 5 heteroatoms. The molecule has 2 N–H and O–H groups in total. The third kappa shape index (κ3) is 2.54. The Morgan fingerprint density at radius 2 is 2.31 bits per heavy atom. The molecule has 0 amide bonds. The van der Waals surface area contributed by atoms with Crippen molar-refractivity contribution in [1.82, 2.24) is 4.98 Å². The van der Waals surface area contributed by atoms with Crippen LogP contribution in [-0.2, 0) is 6.42 Å². The van der Waals surface area contributed by atoms with Gasteiger partial charge in [0, 0.05) is 22.0 Å². The molecule has 1 aromatic heterocycles. The Kier molecular flexibility index (Phi) is 3.46. The molecule has 0 bridgehead atoms. The summed E-state index contributed by atoms with van der Waals surface area (Å²) in [5.74, 6) is 0.857. The van der Waals surface area contributed by atoms with Crippen LogP contribution in [0.25, 0.3) is 0 Å². The van der Waals surface area contributed by atoms with Crippen LogP contribution in [0.3, 0.4) is 0 Å². The van der Waals surface area contributed by atoms with Crippen molar-refractivity contribution >= 4 is 32.4 Å². The van der Waals surface area contributed by atoms with E-state index >= 15 is 0 Å². The number of methoxy groups -OCH3 is 1. The lowest BCUT2D eigenvalue weighted by atomic mass is 10.1. The van der Waals surface area contributed by atoms with Crippen LogP contribution in [0.5, 0.6) is 5.75 Å². The Morgan fingerprint density at radius 1 is 1.50 bits per heavy atom. The largest absolute Gasteiger partial charge is 0.497 e. The summed E-state index contributed by atoms with van der Waals surface area (Å²) in [5.41, 5.74) is 6.77. The van der Waals surface area contributed by atoms with Gasteiger partial charge in [0.15, 0.2) is 5.13 Å². The van der Waals surface area contributed by atoms with Gasteiger partial charge in [0.1, 0.15) is 5.75 Å². The maximum Gasteiger partial charge on any atom is 0.180 e. The number of hydrogen-bond donors (Lipinski definition) is 1. The van der Waals surface area contributed by atoms with Crippen LogP contribution in [0.15, 0.2) is 28.9 Å². The molecule has 0 saturated heterocycles. The lowest BCUT2D eigenvalue weighted by Crippen LogP contribution is -1.89. The maximum atomic E-state index is 5.60. The second-order valence-corrected chi connectivity index (χ2v) is 5.30. The highest BCUT2D eigenvalue weighted by Gasteiger charge is 2.05. The van der Waals surface area contributed by atoms with Crippen LogP contribution in [0, 0.1) is 0 Å². The number of benzene rings is 1. The zero-order chi connectivity index (χ0) is 11.5. The molecule has 0 atom stereocenters. The van der Waals surface area contributed by atoms with Gasteiger partial charge in [-0.2, -0.15) is 0 Å². The van der Waals surface area contributed by atoms with Gasteiger partial charge < -0.3 is 10.5 Å². The Morgan fingerprint density at radius 3 is 2.94 bits per heavy atom. The van der Waals surface area contributed by atoms with Crippen LogP contribution in [0.1, 0.15) is 10.4 Å². The number of nitrogens with zero attached hydrogens (tertiary/aromatic N) is 1. The van der Waals surface area contributed by atoms with E-state index in [0.717, 1.165) is 21.5 Å². The van der Waals surface area contributed by atoms with E-state index in [9.17, 15) is 0 Å². The summed E-state index contributed by atoms with van der Waals surface area (Å²) in [6.45, 7) is 0. The first-order valence-electron chi connectivity index (χ1n) is 4.71. The van der Waals surface area contributed by atoms with Crippen LogP contribution in [0.2, 0.25) is 0 Å². The van der Waals surface area contributed by atoms with Gasteiger partial charge in [-0.15, -0.1) is 11.3 Å². The number of anilines is 1. The predicted molar refractivity (Wildman–Crippen MR) is 70.0 cm³/mol. The fraction of sp³-hybridized carbons (Fsp3) is 0.182. The average molecular weight is 299 g/mol. The second kappa shape index (κ2) is 4.84. The number of aromatic nitrogens is 1. The third-order valence-electron chi connectivity index (χ3n) is 2.19. The van der Waals surface area contributed by atoms with E-state index in [0.29, 0.717) is 5.13 Å². The standard InChI is InChI=1S/C11H11BrN2OS/c1-15-8-2-3-10(12)7(4-8)5-9-6-14-11(13)16-9/h2-4,6H,5H2,1H3,(H2,13,14). The smallest absolute Gasteiger partial charge is 0.180 e. The minimum absolute atomic E-state index is 0.606. The number of rotatable bonds is 3. The summed E-state index contributed by atoms with van der Waals surface area (Å²) < 4.78 is 6.26. The molecule has 1 heterocycles. The van der Waals surface area contributed by atoms with Crippen molar-refractivity contribution in [2.45, 2.75) is 6.42 Å². The van der Waals surface area contributed by atoms with Crippen molar-refractivity contribution in [3.63, 3.8) is 0 Å². The number of nitrogen functional groups attached to an aromatic ring is 1. The average Bonchev–Trinajstić information content (AvgIpc) is 2.67.